The second kappa shape index (κ2) is 4.80. The molecule has 0 saturated heterocycles. The molecule has 0 aromatic carbocycles. The third kappa shape index (κ3) is 2.72. The van der Waals surface area contributed by atoms with Crippen molar-refractivity contribution in [3.8, 4) is 0 Å². The van der Waals surface area contributed by atoms with Crippen molar-refractivity contribution in [3.05, 3.63) is 18.2 Å². The van der Waals surface area contributed by atoms with Crippen LogP contribution in [-0.2, 0) is 6.54 Å². The summed E-state index contributed by atoms with van der Waals surface area (Å²) in [6.07, 6.45) is 7.76. The van der Waals surface area contributed by atoms with E-state index < -0.39 is 0 Å². The Kier molecular flexibility index (Phi) is 3.96. The first-order chi connectivity index (χ1) is 6.29. The summed E-state index contributed by atoms with van der Waals surface area (Å²) in [6.45, 7) is 4.40. The average molecular weight is 216 g/mol. The number of aromatic amines is 1. The average Bonchev–Trinajstić information content (AvgIpc) is 2.54. The van der Waals surface area contributed by atoms with E-state index >= 15 is 0 Å². The van der Waals surface area contributed by atoms with Crippen LogP contribution in [0.2, 0.25) is 0 Å². The van der Waals surface area contributed by atoms with E-state index in [9.17, 15) is 0 Å². The Bertz CT molecular complexity index is 254. The Morgan fingerprint density at radius 2 is 2.36 bits per heavy atom. The molecule has 1 aromatic rings. The Morgan fingerprint density at radius 1 is 1.57 bits per heavy atom. The van der Waals surface area contributed by atoms with Crippen LogP contribution in [0.1, 0.15) is 31.9 Å². The van der Waals surface area contributed by atoms with Crippen molar-refractivity contribution in [3.63, 3.8) is 0 Å². The molecule has 1 aliphatic rings. The lowest BCUT2D eigenvalue weighted by molar-refractivity contribution is 0.156. The lowest BCUT2D eigenvalue weighted by Crippen LogP contribution is -2.37. The van der Waals surface area contributed by atoms with Crippen molar-refractivity contribution < 1.29 is 0 Å². The van der Waals surface area contributed by atoms with Crippen LogP contribution in [0.4, 0.5) is 0 Å². The summed E-state index contributed by atoms with van der Waals surface area (Å²) in [5.41, 5.74) is 1.74. The van der Waals surface area contributed by atoms with E-state index in [1.54, 1.807) is 6.33 Å². The molecule has 1 aliphatic carbocycles. The van der Waals surface area contributed by atoms with Gasteiger partial charge in [-0.2, -0.15) is 0 Å². The number of rotatable bonds is 4. The van der Waals surface area contributed by atoms with E-state index in [1.807, 2.05) is 6.20 Å². The maximum atomic E-state index is 3.98. The normalized spacial score (nSPS) is 18.4. The molecule has 0 aliphatic heterocycles. The predicted molar refractivity (Wildman–Crippen MR) is 59.5 cm³/mol. The Hall–Kier alpha value is -0.540. The number of aromatic nitrogens is 2. The largest absolute Gasteiger partial charge is 0.347 e. The summed E-state index contributed by atoms with van der Waals surface area (Å²) in [5, 5.41) is 3.46. The first-order valence-electron chi connectivity index (χ1n) is 4.97. The van der Waals surface area contributed by atoms with E-state index in [0.717, 1.165) is 13.1 Å². The highest BCUT2D eigenvalue weighted by atomic mass is 35.5. The van der Waals surface area contributed by atoms with Crippen molar-refractivity contribution in [2.24, 2.45) is 5.41 Å². The van der Waals surface area contributed by atoms with Gasteiger partial charge in [-0.3, -0.25) is 0 Å². The van der Waals surface area contributed by atoms with Gasteiger partial charge in [0.2, 0.25) is 0 Å². The maximum Gasteiger partial charge on any atom is 0.0922 e. The van der Waals surface area contributed by atoms with E-state index in [4.69, 9.17) is 0 Å². The molecule has 0 atom stereocenters. The fourth-order valence-electron chi connectivity index (χ4n) is 1.84. The van der Waals surface area contributed by atoms with Crippen LogP contribution in [-0.4, -0.2) is 16.5 Å². The van der Waals surface area contributed by atoms with Gasteiger partial charge >= 0.3 is 0 Å². The second-order valence-corrected chi connectivity index (χ2v) is 4.34. The molecule has 2 N–H and O–H groups in total. The molecule has 1 fully saturated rings. The molecule has 1 saturated carbocycles. The number of nitrogens with one attached hydrogen (secondary N) is 2. The molecule has 0 amide bonds. The van der Waals surface area contributed by atoms with E-state index in [0.29, 0.717) is 5.41 Å². The minimum atomic E-state index is 0. The summed E-state index contributed by atoms with van der Waals surface area (Å²) in [6, 6.07) is 0. The number of halogens is 1. The Balaban J connectivity index is 0.000000980. The van der Waals surface area contributed by atoms with Gasteiger partial charge < -0.3 is 10.3 Å². The highest BCUT2D eigenvalue weighted by Crippen LogP contribution is 2.39. The number of imidazole rings is 1. The minimum Gasteiger partial charge on any atom is -0.347 e. The minimum absolute atomic E-state index is 0. The second-order valence-electron chi connectivity index (χ2n) is 4.34. The van der Waals surface area contributed by atoms with E-state index in [-0.39, 0.29) is 12.4 Å². The highest BCUT2D eigenvalue weighted by Gasteiger charge is 2.30. The maximum absolute atomic E-state index is 3.98. The first kappa shape index (κ1) is 11.5. The Labute approximate surface area is 91.1 Å². The van der Waals surface area contributed by atoms with Gasteiger partial charge in [-0.15, -0.1) is 12.4 Å². The lowest BCUT2D eigenvalue weighted by Gasteiger charge is -2.38. The van der Waals surface area contributed by atoms with Crippen molar-refractivity contribution >= 4 is 12.4 Å². The zero-order valence-corrected chi connectivity index (χ0v) is 9.36. The number of H-pyrrole nitrogens is 1. The quantitative estimate of drug-likeness (QED) is 0.808. The molecule has 0 radical (unpaired) electrons. The van der Waals surface area contributed by atoms with Crippen LogP contribution in [0.15, 0.2) is 12.5 Å². The molecule has 3 nitrogen and oxygen atoms in total. The third-order valence-corrected chi connectivity index (χ3v) is 2.98. The van der Waals surface area contributed by atoms with Gasteiger partial charge in [0.15, 0.2) is 0 Å². The lowest BCUT2D eigenvalue weighted by atomic mass is 9.70. The molecule has 2 rings (SSSR count). The van der Waals surface area contributed by atoms with E-state index in [1.165, 1.54) is 25.0 Å². The number of hydrogen-bond acceptors (Lipinski definition) is 2. The van der Waals surface area contributed by atoms with Crippen LogP contribution in [0, 0.1) is 5.41 Å². The number of nitrogens with zero attached hydrogens (tertiary/aromatic N) is 1. The molecule has 4 heteroatoms. The van der Waals surface area contributed by atoms with Gasteiger partial charge in [0.05, 0.1) is 6.33 Å². The fraction of sp³-hybridized carbons (Fsp3) is 0.700. The van der Waals surface area contributed by atoms with Crippen LogP contribution >= 0.6 is 12.4 Å². The van der Waals surface area contributed by atoms with Crippen LogP contribution in [0.3, 0.4) is 0 Å². The molecule has 0 unspecified atom stereocenters. The van der Waals surface area contributed by atoms with Crippen molar-refractivity contribution in [1.82, 2.24) is 15.3 Å². The molecular formula is C10H18ClN3. The van der Waals surface area contributed by atoms with E-state index in [2.05, 4.69) is 22.2 Å². The molecule has 0 bridgehead atoms. The zero-order valence-electron chi connectivity index (χ0n) is 8.55. The van der Waals surface area contributed by atoms with Crippen molar-refractivity contribution in [2.45, 2.75) is 32.7 Å². The topological polar surface area (TPSA) is 40.7 Å². The monoisotopic (exact) mass is 215 g/mol. The fourth-order valence-corrected chi connectivity index (χ4v) is 1.84. The predicted octanol–water partition coefficient (Wildman–Crippen LogP) is 2.11. The van der Waals surface area contributed by atoms with Crippen LogP contribution in [0.5, 0.6) is 0 Å². The van der Waals surface area contributed by atoms with Crippen molar-refractivity contribution in [1.29, 1.82) is 0 Å². The standard InChI is InChI=1S/C10H17N3.ClH/c1-10(3-2-4-10)7-11-5-9-6-12-8-13-9;/h6,8,11H,2-5,7H2,1H3,(H,12,13);1H. The third-order valence-electron chi connectivity index (χ3n) is 2.98. The molecule has 80 valence electrons. The zero-order chi connectivity index (χ0) is 9.15. The summed E-state index contributed by atoms with van der Waals surface area (Å²) in [5.74, 6) is 0. The smallest absolute Gasteiger partial charge is 0.0922 e. The molecule has 1 aromatic heterocycles. The van der Waals surface area contributed by atoms with Gasteiger partial charge in [-0.1, -0.05) is 13.3 Å². The molecule has 0 spiro atoms. The summed E-state index contributed by atoms with van der Waals surface area (Å²) in [7, 11) is 0. The van der Waals surface area contributed by atoms with Crippen molar-refractivity contribution in [2.75, 3.05) is 6.54 Å². The Morgan fingerprint density at radius 3 is 2.86 bits per heavy atom. The van der Waals surface area contributed by atoms with Gasteiger partial charge in [0, 0.05) is 25.0 Å². The van der Waals surface area contributed by atoms with Crippen LogP contribution in [0.25, 0.3) is 0 Å². The SMILES string of the molecule is CC1(CNCc2cnc[nH]2)CCC1.Cl. The highest BCUT2D eigenvalue weighted by molar-refractivity contribution is 5.85. The summed E-state index contributed by atoms with van der Waals surface area (Å²) in [4.78, 5) is 7.06. The number of hydrogen-bond donors (Lipinski definition) is 2. The molecule has 1 heterocycles. The summed E-state index contributed by atoms with van der Waals surface area (Å²) >= 11 is 0. The molecular weight excluding hydrogens is 198 g/mol. The van der Waals surface area contributed by atoms with Crippen LogP contribution < -0.4 is 5.32 Å². The first-order valence-corrected chi connectivity index (χ1v) is 4.97. The summed E-state index contributed by atoms with van der Waals surface area (Å²) < 4.78 is 0. The van der Waals surface area contributed by atoms with Gasteiger partial charge in [-0.05, 0) is 18.3 Å². The van der Waals surface area contributed by atoms with Gasteiger partial charge in [-0.25, -0.2) is 4.98 Å². The van der Waals surface area contributed by atoms with Gasteiger partial charge in [0.25, 0.3) is 0 Å². The molecule has 14 heavy (non-hydrogen) atoms. The van der Waals surface area contributed by atoms with Gasteiger partial charge in [0.1, 0.15) is 0 Å².